The zero-order valence-corrected chi connectivity index (χ0v) is 25.3. The standard InChI is InChI=1S/C33H34N10O2/c1-40-25(13-20-4-3-9-37-31(20)40)32-38-23-12-22(33(44)42-18-21-5-6-24(42)29(21)35)14-26(45-2)30(23)43(32)17-19-8-11-41(16-19)28-7-10-36-27(15-34)39-28/h3-4,7,9-10,12-14,19,21,24,29H,5-6,8,11,16-18,35H2,1-2H3/t19-,21?,24?,29+/m0/s1. The van der Waals surface area contributed by atoms with Gasteiger partial charge in [0.1, 0.15) is 28.8 Å². The molecule has 8 rings (SSSR count). The molecule has 2 N–H and O–H groups in total. The smallest absolute Gasteiger partial charge is 0.254 e. The van der Waals surface area contributed by atoms with E-state index < -0.39 is 0 Å². The van der Waals surface area contributed by atoms with Crippen molar-refractivity contribution < 1.29 is 9.53 Å². The van der Waals surface area contributed by atoms with Crippen molar-refractivity contribution in [3.8, 4) is 23.3 Å². The summed E-state index contributed by atoms with van der Waals surface area (Å²) in [6, 6.07) is 13.9. The molecule has 0 radical (unpaired) electrons. The number of anilines is 1. The highest BCUT2D eigenvalue weighted by molar-refractivity contribution is 6.00. The van der Waals surface area contributed by atoms with Crippen LogP contribution >= 0.6 is 0 Å². The van der Waals surface area contributed by atoms with Gasteiger partial charge in [-0.3, -0.25) is 4.79 Å². The molecular weight excluding hydrogens is 568 g/mol. The lowest BCUT2D eigenvalue weighted by Crippen LogP contribution is -2.41. The molecule has 6 heterocycles. The van der Waals surface area contributed by atoms with Crippen LogP contribution < -0.4 is 15.4 Å². The molecule has 12 heteroatoms. The number of likely N-dealkylation sites (tertiary alicyclic amines) is 1. The van der Waals surface area contributed by atoms with Crippen LogP contribution in [-0.2, 0) is 13.6 Å². The summed E-state index contributed by atoms with van der Waals surface area (Å²) < 4.78 is 10.3. The van der Waals surface area contributed by atoms with E-state index in [2.05, 4.69) is 41.1 Å². The van der Waals surface area contributed by atoms with E-state index in [1.807, 2.05) is 42.3 Å². The third-order valence-electron chi connectivity index (χ3n) is 10.00. The second-order valence-corrected chi connectivity index (χ2v) is 12.5. The zero-order valence-electron chi connectivity index (χ0n) is 25.3. The number of ether oxygens (including phenoxy) is 1. The first-order valence-electron chi connectivity index (χ1n) is 15.5. The highest BCUT2D eigenvalue weighted by atomic mass is 16.5. The third-order valence-corrected chi connectivity index (χ3v) is 10.00. The number of aryl methyl sites for hydroxylation is 1. The van der Waals surface area contributed by atoms with Gasteiger partial charge in [0.05, 0.1) is 18.3 Å². The Balaban J connectivity index is 1.21. The molecule has 1 aliphatic carbocycles. The quantitative estimate of drug-likeness (QED) is 0.309. The lowest BCUT2D eigenvalue weighted by molar-refractivity contribution is 0.0700. The molecule has 5 aromatic rings. The van der Waals surface area contributed by atoms with Crippen molar-refractivity contribution >= 4 is 33.8 Å². The lowest BCUT2D eigenvalue weighted by Gasteiger charge is -2.27. The van der Waals surface area contributed by atoms with E-state index in [0.29, 0.717) is 35.8 Å². The van der Waals surface area contributed by atoms with Crippen molar-refractivity contribution in [1.29, 1.82) is 5.26 Å². The fourth-order valence-corrected chi connectivity index (χ4v) is 7.73. The monoisotopic (exact) mass is 602 g/mol. The summed E-state index contributed by atoms with van der Waals surface area (Å²) in [4.78, 5) is 36.3. The van der Waals surface area contributed by atoms with E-state index in [-0.39, 0.29) is 29.7 Å². The number of nitrogens with two attached hydrogens (primary N) is 1. The van der Waals surface area contributed by atoms with Crippen molar-refractivity contribution in [1.82, 2.24) is 34.0 Å². The minimum Gasteiger partial charge on any atom is -0.494 e. The molecule has 3 fully saturated rings. The molecule has 2 unspecified atom stereocenters. The topological polar surface area (TPSA) is 144 Å². The highest BCUT2D eigenvalue weighted by Gasteiger charge is 2.47. The van der Waals surface area contributed by atoms with Crippen LogP contribution in [0.3, 0.4) is 0 Å². The lowest BCUT2D eigenvalue weighted by atomic mass is 10.1. The van der Waals surface area contributed by atoms with Gasteiger partial charge in [-0.1, -0.05) is 0 Å². The van der Waals surface area contributed by atoms with Gasteiger partial charge in [-0.2, -0.15) is 5.26 Å². The molecule has 2 saturated heterocycles. The maximum absolute atomic E-state index is 13.9. The van der Waals surface area contributed by atoms with Crippen LogP contribution in [0.5, 0.6) is 5.75 Å². The van der Waals surface area contributed by atoms with Gasteiger partial charge in [0.2, 0.25) is 5.82 Å². The van der Waals surface area contributed by atoms with Gasteiger partial charge in [0.25, 0.3) is 5.91 Å². The Hall–Kier alpha value is -5.02. The summed E-state index contributed by atoms with van der Waals surface area (Å²) in [7, 11) is 3.65. The Morgan fingerprint density at radius 1 is 1.11 bits per heavy atom. The van der Waals surface area contributed by atoms with E-state index in [9.17, 15) is 10.1 Å². The van der Waals surface area contributed by atoms with E-state index in [4.69, 9.17) is 15.5 Å². The number of benzene rings is 1. The number of fused-ring (bicyclic) bond motifs is 4. The predicted molar refractivity (Wildman–Crippen MR) is 169 cm³/mol. The van der Waals surface area contributed by atoms with Crippen molar-refractivity contribution in [2.24, 2.45) is 24.6 Å². The Bertz CT molecular complexity index is 2010. The molecule has 12 nitrogen and oxygen atoms in total. The van der Waals surface area contributed by atoms with Crippen LogP contribution in [0, 0.1) is 23.2 Å². The van der Waals surface area contributed by atoms with Crippen molar-refractivity contribution in [2.45, 2.75) is 37.9 Å². The number of carbonyl (C=O) groups excluding carboxylic acids is 1. The maximum atomic E-state index is 13.9. The summed E-state index contributed by atoms with van der Waals surface area (Å²) in [6.45, 7) is 2.98. The number of hydrogen-bond acceptors (Lipinski definition) is 9. The molecule has 228 valence electrons. The fourth-order valence-electron chi connectivity index (χ4n) is 7.73. The molecule has 4 atom stereocenters. The highest BCUT2D eigenvalue weighted by Crippen LogP contribution is 2.40. The van der Waals surface area contributed by atoms with Crippen molar-refractivity contribution in [3.63, 3.8) is 0 Å². The second kappa shape index (κ2) is 10.6. The molecule has 45 heavy (non-hydrogen) atoms. The van der Waals surface area contributed by atoms with Crippen LogP contribution in [-0.4, -0.2) is 78.7 Å². The maximum Gasteiger partial charge on any atom is 0.254 e. The normalized spacial score (nSPS) is 22.5. The molecule has 2 bridgehead atoms. The molecule has 0 spiro atoms. The number of rotatable bonds is 6. The Morgan fingerprint density at radius 2 is 2.00 bits per heavy atom. The van der Waals surface area contributed by atoms with Crippen LogP contribution in [0.2, 0.25) is 0 Å². The number of methoxy groups -OCH3 is 1. The number of aromatic nitrogens is 6. The number of nitrogens with zero attached hydrogens (tertiary/aromatic N) is 9. The van der Waals surface area contributed by atoms with E-state index in [1.54, 1.807) is 19.5 Å². The minimum absolute atomic E-state index is 0.0178. The van der Waals surface area contributed by atoms with Crippen LogP contribution in [0.25, 0.3) is 33.6 Å². The Labute approximate surface area is 260 Å². The molecule has 1 aromatic carbocycles. The van der Waals surface area contributed by atoms with Crippen LogP contribution in [0.1, 0.15) is 35.4 Å². The van der Waals surface area contributed by atoms with E-state index in [0.717, 1.165) is 66.2 Å². The third kappa shape index (κ3) is 4.41. The van der Waals surface area contributed by atoms with Crippen LogP contribution in [0.4, 0.5) is 5.82 Å². The molecule has 4 aromatic heterocycles. The first-order valence-corrected chi connectivity index (χ1v) is 15.5. The number of carbonyl (C=O) groups is 1. The van der Waals surface area contributed by atoms with Gasteiger partial charge in [-0.25, -0.2) is 19.9 Å². The largest absolute Gasteiger partial charge is 0.494 e. The number of imidazole rings is 1. The van der Waals surface area contributed by atoms with Gasteiger partial charge >= 0.3 is 0 Å². The molecule has 1 amide bonds. The van der Waals surface area contributed by atoms with Gasteiger partial charge in [-0.05, 0) is 67.5 Å². The van der Waals surface area contributed by atoms with E-state index >= 15 is 0 Å². The van der Waals surface area contributed by atoms with Crippen molar-refractivity contribution in [3.05, 3.63) is 60.2 Å². The van der Waals surface area contributed by atoms with E-state index in [1.165, 1.54) is 0 Å². The van der Waals surface area contributed by atoms with Crippen molar-refractivity contribution in [2.75, 3.05) is 31.6 Å². The average Bonchev–Trinajstić information content (AvgIpc) is 3.90. The predicted octanol–water partition coefficient (Wildman–Crippen LogP) is 3.35. The van der Waals surface area contributed by atoms with Gasteiger partial charge < -0.3 is 29.4 Å². The number of amides is 1. The molecule has 3 aliphatic rings. The zero-order chi connectivity index (χ0) is 30.8. The number of nitriles is 1. The van der Waals surface area contributed by atoms with Gasteiger partial charge in [-0.15, -0.1) is 0 Å². The summed E-state index contributed by atoms with van der Waals surface area (Å²) in [5, 5.41) is 10.3. The van der Waals surface area contributed by atoms with Crippen LogP contribution in [0.15, 0.2) is 48.8 Å². The van der Waals surface area contributed by atoms with Gasteiger partial charge in [0.15, 0.2) is 5.82 Å². The first-order chi connectivity index (χ1) is 21.9. The average molecular weight is 603 g/mol. The molecule has 1 saturated carbocycles. The number of piperidine rings is 1. The molecular formula is C33H34N10O2. The number of hydrogen-bond donors (Lipinski definition) is 1. The fraction of sp³-hybridized carbons (Fsp3) is 0.394. The Morgan fingerprint density at radius 3 is 2.76 bits per heavy atom. The number of pyridine rings is 1. The molecule has 2 aliphatic heterocycles. The summed E-state index contributed by atoms with van der Waals surface area (Å²) in [6.07, 6.45) is 6.41. The second-order valence-electron chi connectivity index (χ2n) is 12.5. The van der Waals surface area contributed by atoms with Gasteiger partial charge in [0, 0.05) is 68.7 Å². The minimum atomic E-state index is -0.0178. The first kappa shape index (κ1) is 27.5. The summed E-state index contributed by atoms with van der Waals surface area (Å²) in [5.41, 5.74) is 10.4. The SMILES string of the molecule is COc1cc(C(=O)N2CC3CCC2[C@@H]3N)cc2nc(-c3cc4cccnc4n3C)n(C[C@H]3CCN(c4ccnc(C#N)n4)C3)c12. The summed E-state index contributed by atoms with van der Waals surface area (Å²) >= 11 is 0. The Kier molecular flexibility index (Phi) is 6.46. The summed E-state index contributed by atoms with van der Waals surface area (Å²) in [5.74, 6) is 2.97.